The molecule has 0 fully saturated rings. The summed E-state index contributed by atoms with van der Waals surface area (Å²) in [5, 5.41) is 22.1. The highest BCUT2D eigenvalue weighted by atomic mass is 35.5. The summed E-state index contributed by atoms with van der Waals surface area (Å²) >= 11 is 5.67. The van der Waals surface area contributed by atoms with Crippen LogP contribution in [-0.2, 0) is 0 Å². The minimum Gasteiger partial charge on any atom is -0.392 e. The fraction of sp³-hybridized carbons (Fsp3) is 0.300. The summed E-state index contributed by atoms with van der Waals surface area (Å²) in [6, 6.07) is 3.61. The van der Waals surface area contributed by atoms with E-state index in [1.807, 2.05) is 0 Å². The zero-order valence-corrected chi connectivity index (χ0v) is 9.77. The molecule has 0 saturated carbocycles. The Morgan fingerprint density at radius 3 is 2.76 bits per heavy atom. The van der Waals surface area contributed by atoms with Crippen LogP contribution in [0.3, 0.4) is 0 Å². The molecule has 1 rings (SSSR count). The van der Waals surface area contributed by atoms with E-state index in [4.69, 9.17) is 16.7 Å². The van der Waals surface area contributed by atoms with Crippen LogP contribution in [0.15, 0.2) is 18.2 Å². The minimum atomic E-state index is -0.687. The lowest BCUT2D eigenvalue weighted by atomic mass is 10.2. The first kappa shape index (κ1) is 13.4. The lowest BCUT2D eigenvalue weighted by Gasteiger charge is -2.07. The summed E-state index contributed by atoms with van der Waals surface area (Å²) in [6.07, 6.45) is -0.687. The molecule has 2 N–H and O–H groups in total. The number of aliphatic hydroxyl groups excluding tert-OH is 1. The molecule has 0 aromatic heterocycles. The highest BCUT2D eigenvalue weighted by molar-refractivity contribution is 6.31. The molecule has 0 unspecified atom stereocenters. The number of amides is 1. The summed E-state index contributed by atoms with van der Waals surface area (Å²) in [5.74, 6) is -0.517. The van der Waals surface area contributed by atoms with Gasteiger partial charge in [0, 0.05) is 29.3 Å². The Balaban J connectivity index is 2.90. The van der Waals surface area contributed by atoms with Crippen LogP contribution in [0.5, 0.6) is 0 Å². The number of nitro benzene ring substituents is 1. The number of nitrogens with one attached hydrogen (secondary N) is 1. The van der Waals surface area contributed by atoms with Crippen LogP contribution < -0.4 is 5.32 Å². The quantitative estimate of drug-likeness (QED) is 0.630. The fourth-order valence-electron chi connectivity index (χ4n) is 1.15. The highest BCUT2D eigenvalue weighted by Gasteiger charge is 2.14. The van der Waals surface area contributed by atoms with Crippen molar-refractivity contribution < 1.29 is 14.8 Å². The van der Waals surface area contributed by atoms with Gasteiger partial charge in [0.1, 0.15) is 0 Å². The number of halogens is 1. The molecule has 92 valence electrons. The van der Waals surface area contributed by atoms with Gasteiger partial charge in [-0.05, 0) is 13.0 Å². The van der Waals surface area contributed by atoms with Gasteiger partial charge in [0.25, 0.3) is 11.6 Å². The van der Waals surface area contributed by atoms with Gasteiger partial charge in [0.05, 0.1) is 11.0 Å². The second kappa shape index (κ2) is 5.60. The summed E-state index contributed by atoms with van der Waals surface area (Å²) in [6.45, 7) is 1.58. The van der Waals surface area contributed by atoms with E-state index in [2.05, 4.69) is 5.32 Å². The van der Waals surface area contributed by atoms with E-state index in [0.717, 1.165) is 12.1 Å². The largest absolute Gasteiger partial charge is 0.392 e. The maximum Gasteiger partial charge on any atom is 0.271 e. The van der Waals surface area contributed by atoms with Crippen molar-refractivity contribution in [3.05, 3.63) is 38.9 Å². The van der Waals surface area contributed by atoms with E-state index in [1.165, 1.54) is 13.0 Å². The standard InChI is InChI=1S/C10H11ClN2O4/c1-6(14)5-12-10(15)7-2-8(11)4-9(3-7)13(16)17/h2-4,6,14H,5H2,1H3,(H,12,15)/t6-/m1/s1. The van der Waals surface area contributed by atoms with Crippen LogP contribution in [0.1, 0.15) is 17.3 Å². The normalized spacial score (nSPS) is 11.9. The predicted molar refractivity (Wildman–Crippen MR) is 62.1 cm³/mol. The van der Waals surface area contributed by atoms with E-state index in [1.54, 1.807) is 0 Å². The van der Waals surface area contributed by atoms with Crippen LogP contribution in [0.4, 0.5) is 5.69 Å². The van der Waals surface area contributed by atoms with Crippen molar-refractivity contribution in [2.45, 2.75) is 13.0 Å². The topological polar surface area (TPSA) is 92.5 Å². The Morgan fingerprint density at radius 1 is 1.59 bits per heavy atom. The molecule has 17 heavy (non-hydrogen) atoms. The van der Waals surface area contributed by atoms with Crippen molar-refractivity contribution in [1.82, 2.24) is 5.32 Å². The fourth-order valence-corrected chi connectivity index (χ4v) is 1.38. The highest BCUT2D eigenvalue weighted by Crippen LogP contribution is 2.20. The molecular formula is C10H11ClN2O4. The van der Waals surface area contributed by atoms with E-state index in [-0.39, 0.29) is 22.8 Å². The SMILES string of the molecule is C[C@@H](O)CNC(=O)c1cc(Cl)cc([N+](=O)[O-])c1. The Kier molecular flexibility index (Phi) is 4.42. The predicted octanol–water partition coefficient (Wildman–Crippen LogP) is 1.36. The van der Waals surface area contributed by atoms with Gasteiger partial charge in [-0.1, -0.05) is 11.6 Å². The summed E-state index contributed by atoms with van der Waals surface area (Å²) in [5.41, 5.74) is -0.162. The van der Waals surface area contributed by atoms with E-state index >= 15 is 0 Å². The summed E-state index contributed by atoms with van der Waals surface area (Å²) < 4.78 is 0. The van der Waals surface area contributed by atoms with Crippen molar-refractivity contribution in [3.63, 3.8) is 0 Å². The summed E-state index contributed by atoms with van der Waals surface area (Å²) in [4.78, 5) is 21.5. The van der Waals surface area contributed by atoms with Gasteiger partial charge < -0.3 is 10.4 Å². The first-order valence-electron chi connectivity index (χ1n) is 4.81. The lowest BCUT2D eigenvalue weighted by Crippen LogP contribution is -2.30. The molecule has 7 heteroatoms. The van der Waals surface area contributed by atoms with Gasteiger partial charge in [-0.3, -0.25) is 14.9 Å². The average Bonchev–Trinajstić information content (AvgIpc) is 2.24. The number of hydrogen-bond donors (Lipinski definition) is 2. The van der Waals surface area contributed by atoms with Crippen molar-refractivity contribution in [3.8, 4) is 0 Å². The first-order chi connectivity index (χ1) is 7.90. The number of nitrogens with zero attached hydrogens (tertiary/aromatic N) is 1. The smallest absolute Gasteiger partial charge is 0.271 e. The van der Waals surface area contributed by atoms with Crippen molar-refractivity contribution in [2.24, 2.45) is 0 Å². The van der Waals surface area contributed by atoms with Gasteiger partial charge in [0.2, 0.25) is 0 Å². The molecule has 6 nitrogen and oxygen atoms in total. The van der Waals surface area contributed by atoms with Gasteiger partial charge >= 0.3 is 0 Å². The van der Waals surface area contributed by atoms with Gasteiger partial charge in [0.15, 0.2) is 0 Å². The summed E-state index contributed by atoms with van der Waals surface area (Å²) in [7, 11) is 0. The zero-order chi connectivity index (χ0) is 13.0. The third kappa shape index (κ3) is 4.01. The van der Waals surface area contributed by atoms with Gasteiger partial charge in [-0.2, -0.15) is 0 Å². The number of hydrogen-bond acceptors (Lipinski definition) is 4. The number of nitro groups is 1. The molecule has 0 aliphatic rings. The van der Waals surface area contributed by atoms with E-state index in [0.29, 0.717) is 0 Å². The van der Waals surface area contributed by atoms with Crippen molar-refractivity contribution >= 4 is 23.2 Å². The van der Waals surface area contributed by atoms with Gasteiger partial charge in [-0.25, -0.2) is 0 Å². The van der Waals surface area contributed by atoms with Crippen LogP contribution >= 0.6 is 11.6 Å². The lowest BCUT2D eigenvalue weighted by molar-refractivity contribution is -0.384. The monoisotopic (exact) mass is 258 g/mol. The van der Waals surface area contributed by atoms with Crippen LogP contribution in [0, 0.1) is 10.1 Å². The molecule has 1 aromatic carbocycles. The maximum atomic E-state index is 11.6. The number of rotatable bonds is 4. The molecule has 0 bridgehead atoms. The molecule has 0 spiro atoms. The number of benzene rings is 1. The Bertz CT molecular complexity index is 448. The second-order valence-electron chi connectivity index (χ2n) is 3.51. The minimum absolute atomic E-state index is 0.0686. The van der Waals surface area contributed by atoms with Crippen molar-refractivity contribution in [1.29, 1.82) is 0 Å². The molecular weight excluding hydrogens is 248 g/mol. The second-order valence-corrected chi connectivity index (χ2v) is 3.95. The third-order valence-corrected chi connectivity index (χ3v) is 2.13. The molecule has 0 aliphatic carbocycles. The average molecular weight is 259 g/mol. The number of non-ortho nitro benzene ring substituents is 1. The Labute approximate surface area is 102 Å². The molecule has 0 saturated heterocycles. The Morgan fingerprint density at radius 2 is 2.24 bits per heavy atom. The number of aliphatic hydroxyl groups is 1. The van der Waals surface area contributed by atoms with E-state index < -0.39 is 16.9 Å². The molecule has 0 heterocycles. The molecule has 0 radical (unpaired) electrons. The molecule has 0 aliphatic heterocycles. The van der Waals surface area contributed by atoms with Crippen molar-refractivity contribution in [2.75, 3.05) is 6.54 Å². The molecule has 1 aromatic rings. The van der Waals surface area contributed by atoms with E-state index in [9.17, 15) is 14.9 Å². The van der Waals surface area contributed by atoms with Crippen LogP contribution in [-0.4, -0.2) is 28.6 Å². The molecule has 1 atom stereocenters. The Hall–Kier alpha value is -1.66. The number of carbonyl (C=O) groups excluding carboxylic acids is 1. The maximum absolute atomic E-state index is 11.6. The third-order valence-electron chi connectivity index (χ3n) is 1.91. The first-order valence-corrected chi connectivity index (χ1v) is 5.19. The van der Waals surface area contributed by atoms with Crippen LogP contribution in [0.2, 0.25) is 5.02 Å². The van der Waals surface area contributed by atoms with Crippen LogP contribution in [0.25, 0.3) is 0 Å². The number of carbonyl (C=O) groups is 1. The zero-order valence-electron chi connectivity index (χ0n) is 9.01. The molecule has 1 amide bonds. The van der Waals surface area contributed by atoms with Gasteiger partial charge in [-0.15, -0.1) is 0 Å².